The fourth-order valence-corrected chi connectivity index (χ4v) is 3.14. The third kappa shape index (κ3) is 3.58. The van der Waals surface area contributed by atoms with Crippen LogP contribution in [0.2, 0.25) is 0 Å². The number of thioether (sulfide) groups is 1. The average molecular weight is 311 g/mol. The van der Waals surface area contributed by atoms with E-state index in [1.54, 1.807) is 21.3 Å². The molecule has 0 aromatic heterocycles. The van der Waals surface area contributed by atoms with Crippen LogP contribution in [-0.4, -0.2) is 38.9 Å². The van der Waals surface area contributed by atoms with E-state index in [0.29, 0.717) is 22.0 Å². The predicted molar refractivity (Wildman–Crippen MR) is 88.0 cm³/mol. The lowest BCUT2D eigenvalue weighted by Crippen LogP contribution is -2.28. The Morgan fingerprint density at radius 3 is 2.10 bits per heavy atom. The molecule has 0 aliphatic heterocycles. The largest absolute Gasteiger partial charge is 0.493 e. The summed E-state index contributed by atoms with van der Waals surface area (Å²) in [6.07, 6.45) is 4.81. The minimum absolute atomic E-state index is 0.239. The minimum Gasteiger partial charge on any atom is -0.493 e. The van der Waals surface area contributed by atoms with Crippen molar-refractivity contribution in [3.05, 3.63) is 17.7 Å². The SMILES string of the molecule is COc1cc(C(C)NCC2(SC)CC2)cc(OC)c1OC. The van der Waals surface area contributed by atoms with E-state index < -0.39 is 0 Å². The van der Waals surface area contributed by atoms with Gasteiger partial charge in [-0.25, -0.2) is 0 Å². The molecule has 1 aliphatic rings. The quantitative estimate of drug-likeness (QED) is 0.798. The highest BCUT2D eigenvalue weighted by molar-refractivity contribution is 8.00. The van der Waals surface area contributed by atoms with Gasteiger partial charge in [-0.1, -0.05) is 0 Å². The van der Waals surface area contributed by atoms with Crippen LogP contribution in [0.1, 0.15) is 31.4 Å². The van der Waals surface area contributed by atoms with Crippen molar-refractivity contribution in [2.45, 2.75) is 30.6 Å². The maximum Gasteiger partial charge on any atom is 0.203 e. The molecule has 4 nitrogen and oxygen atoms in total. The van der Waals surface area contributed by atoms with Gasteiger partial charge in [0.2, 0.25) is 5.75 Å². The van der Waals surface area contributed by atoms with Crippen LogP contribution in [0.4, 0.5) is 0 Å². The molecule has 118 valence electrons. The van der Waals surface area contributed by atoms with Gasteiger partial charge in [0.05, 0.1) is 21.3 Å². The van der Waals surface area contributed by atoms with E-state index >= 15 is 0 Å². The fraction of sp³-hybridized carbons (Fsp3) is 0.625. The van der Waals surface area contributed by atoms with Crippen LogP contribution in [0.15, 0.2) is 12.1 Å². The van der Waals surface area contributed by atoms with Gasteiger partial charge in [-0.3, -0.25) is 0 Å². The second-order valence-electron chi connectivity index (χ2n) is 5.45. The Labute approximate surface area is 131 Å². The zero-order chi connectivity index (χ0) is 15.5. The van der Waals surface area contributed by atoms with Gasteiger partial charge >= 0.3 is 0 Å². The van der Waals surface area contributed by atoms with Gasteiger partial charge < -0.3 is 19.5 Å². The van der Waals surface area contributed by atoms with Crippen molar-refractivity contribution in [1.29, 1.82) is 0 Å². The van der Waals surface area contributed by atoms with Crippen molar-refractivity contribution in [2.75, 3.05) is 34.1 Å². The summed E-state index contributed by atoms with van der Waals surface area (Å²) in [4.78, 5) is 0. The van der Waals surface area contributed by atoms with E-state index in [0.717, 1.165) is 12.1 Å². The summed E-state index contributed by atoms with van der Waals surface area (Å²) in [6, 6.07) is 4.26. The number of rotatable bonds is 8. The number of hydrogen-bond acceptors (Lipinski definition) is 5. The maximum atomic E-state index is 5.41. The van der Waals surface area contributed by atoms with E-state index in [2.05, 4.69) is 18.5 Å². The summed E-state index contributed by atoms with van der Waals surface area (Å²) in [5.74, 6) is 2.04. The van der Waals surface area contributed by atoms with Crippen LogP contribution in [0.5, 0.6) is 17.2 Å². The summed E-state index contributed by atoms with van der Waals surface area (Å²) < 4.78 is 16.6. The third-order valence-electron chi connectivity index (χ3n) is 4.16. The summed E-state index contributed by atoms with van der Waals surface area (Å²) >= 11 is 1.96. The highest BCUT2D eigenvalue weighted by Gasteiger charge is 2.41. The Bertz CT molecular complexity index is 463. The van der Waals surface area contributed by atoms with Crippen LogP contribution >= 0.6 is 11.8 Å². The Balaban J connectivity index is 2.14. The molecular weight excluding hydrogens is 286 g/mol. The number of ether oxygens (including phenoxy) is 3. The molecule has 0 spiro atoms. The first kappa shape index (κ1) is 16.3. The van der Waals surface area contributed by atoms with Gasteiger partial charge in [-0.05, 0) is 43.7 Å². The topological polar surface area (TPSA) is 39.7 Å². The van der Waals surface area contributed by atoms with Gasteiger partial charge in [0.1, 0.15) is 0 Å². The zero-order valence-corrected chi connectivity index (χ0v) is 14.3. The normalized spacial score (nSPS) is 17.2. The molecule has 1 atom stereocenters. The fourth-order valence-electron chi connectivity index (χ4n) is 2.40. The Hall–Kier alpha value is -1.07. The van der Waals surface area contributed by atoms with Crippen molar-refractivity contribution >= 4 is 11.8 Å². The van der Waals surface area contributed by atoms with E-state index in [4.69, 9.17) is 14.2 Å². The van der Waals surface area contributed by atoms with Gasteiger partial charge in [-0.15, -0.1) is 0 Å². The molecule has 1 N–H and O–H groups in total. The average Bonchev–Trinajstić information content (AvgIpc) is 3.31. The molecule has 0 amide bonds. The molecule has 1 aromatic carbocycles. The van der Waals surface area contributed by atoms with Crippen molar-refractivity contribution in [3.8, 4) is 17.2 Å². The maximum absolute atomic E-state index is 5.41. The zero-order valence-electron chi connectivity index (χ0n) is 13.5. The van der Waals surface area contributed by atoms with Crippen molar-refractivity contribution in [3.63, 3.8) is 0 Å². The van der Waals surface area contributed by atoms with Crippen molar-refractivity contribution in [1.82, 2.24) is 5.32 Å². The highest BCUT2D eigenvalue weighted by Crippen LogP contribution is 2.47. The molecule has 0 radical (unpaired) electrons. The first-order valence-electron chi connectivity index (χ1n) is 7.17. The molecule has 1 saturated carbocycles. The molecule has 0 heterocycles. The van der Waals surface area contributed by atoms with Crippen LogP contribution in [-0.2, 0) is 0 Å². The van der Waals surface area contributed by atoms with Gasteiger partial charge in [0.15, 0.2) is 11.5 Å². The molecule has 21 heavy (non-hydrogen) atoms. The molecule has 1 fully saturated rings. The van der Waals surface area contributed by atoms with Gasteiger partial charge in [0.25, 0.3) is 0 Å². The lowest BCUT2D eigenvalue weighted by Gasteiger charge is -2.21. The first-order valence-corrected chi connectivity index (χ1v) is 8.40. The second-order valence-corrected chi connectivity index (χ2v) is 6.72. The van der Waals surface area contributed by atoms with Crippen molar-refractivity contribution in [2.24, 2.45) is 0 Å². The van der Waals surface area contributed by atoms with Gasteiger partial charge in [0, 0.05) is 17.3 Å². The van der Waals surface area contributed by atoms with E-state index in [-0.39, 0.29) is 6.04 Å². The third-order valence-corrected chi connectivity index (χ3v) is 5.58. The van der Waals surface area contributed by atoms with Crippen molar-refractivity contribution < 1.29 is 14.2 Å². The summed E-state index contributed by atoms with van der Waals surface area (Å²) in [5.41, 5.74) is 1.14. The number of methoxy groups -OCH3 is 3. The summed E-state index contributed by atoms with van der Waals surface area (Å²) in [7, 11) is 4.91. The molecule has 1 unspecified atom stereocenters. The predicted octanol–water partition coefficient (Wildman–Crippen LogP) is 3.26. The van der Waals surface area contributed by atoms with E-state index in [1.165, 1.54) is 12.8 Å². The van der Waals surface area contributed by atoms with Crippen LogP contribution < -0.4 is 19.5 Å². The van der Waals surface area contributed by atoms with Crippen LogP contribution in [0, 0.1) is 0 Å². The van der Waals surface area contributed by atoms with E-state index in [1.807, 2.05) is 23.9 Å². The monoisotopic (exact) mass is 311 g/mol. The molecule has 2 rings (SSSR count). The van der Waals surface area contributed by atoms with E-state index in [9.17, 15) is 0 Å². The minimum atomic E-state index is 0.239. The Morgan fingerprint density at radius 1 is 1.14 bits per heavy atom. The standard InChI is InChI=1S/C16H25NO3S/c1-11(17-10-16(21-5)6-7-16)12-8-13(18-2)15(20-4)14(9-12)19-3/h8-9,11,17H,6-7,10H2,1-5H3. The molecule has 0 bridgehead atoms. The number of nitrogens with one attached hydrogen (secondary N) is 1. The number of benzene rings is 1. The first-order chi connectivity index (χ1) is 10.1. The smallest absolute Gasteiger partial charge is 0.203 e. The lowest BCUT2D eigenvalue weighted by atomic mass is 10.1. The molecular formula is C16H25NO3S. The number of hydrogen-bond donors (Lipinski definition) is 1. The molecule has 5 heteroatoms. The van der Waals surface area contributed by atoms with Gasteiger partial charge in [-0.2, -0.15) is 11.8 Å². The molecule has 0 saturated heterocycles. The van der Waals surface area contributed by atoms with Crippen LogP contribution in [0.3, 0.4) is 0 Å². The summed E-state index contributed by atoms with van der Waals surface area (Å²) in [5, 5.41) is 3.62. The Morgan fingerprint density at radius 2 is 1.71 bits per heavy atom. The highest BCUT2D eigenvalue weighted by atomic mass is 32.2. The molecule has 1 aliphatic carbocycles. The van der Waals surface area contributed by atoms with Crippen LogP contribution in [0.25, 0.3) is 0 Å². The lowest BCUT2D eigenvalue weighted by molar-refractivity contribution is 0.323. The Kier molecular flexibility index (Phi) is 5.27. The molecule has 1 aromatic rings. The second kappa shape index (κ2) is 6.79. The summed E-state index contributed by atoms with van der Waals surface area (Å²) in [6.45, 7) is 3.20.